The Labute approximate surface area is 102 Å². The molecule has 0 aliphatic carbocycles. The third kappa shape index (κ3) is 6.18. The number of methoxy groups -OCH3 is 1. The van der Waals surface area contributed by atoms with Crippen LogP contribution in [-0.4, -0.2) is 31.2 Å². The first-order chi connectivity index (χ1) is 7.92. The Morgan fingerprint density at radius 2 is 1.94 bits per heavy atom. The SMILES string of the molecule is CC.COc1cnc(C(C)CS(N)(=O)=O)cn1. The monoisotopic (exact) mass is 261 g/mol. The van der Waals surface area contributed by atoms with E-state index in [2.05, 4.69) is 9.97 Å². The molecule has 0 amide bonds. The molecule has 1 heterocycles. The molecule has 0 spiro atoms. The molecule has 0 radical (unpaired) electrons. The maximum absolute atomic E-state index is 10.8. The lowest BCUT2D eigenvalue weighted by Crippen LogP contribution is -2.21. The second-order valence-corrected chi connectivity index (χ2v) is 4.87. The van der Waals surface area contributed by atoms with E-state index in [1.165, 1.54) is 19.5 Å². The minimum atomic E-state index is -3.49. The van der Waals surface area contributed by atoms with E-state index < -0.39 is 10.0 Å². The van der Waals surface area contributed by atoms with Crippen LogP contribution < -0.4 is 9.88 Å². The molecule has 1 unspecified atom stereocenters. The molecule has 1 aromatic heterocycles. The minimum absolute atomic E-state index is 0.145. The summed E-state index contributed by atoms with van der Waals surface area (Å²) in [6.45, 7) is 5.72. The molecule has 2 N–H and O–H groups in total. The maximum atomic E-state index is 10.8. The summed E-state index contributed by atoms with van der Waals surface area (Å²) in [4.78, 5) is 7.95. The van der Waals surface area contributed by atoms with Crippen LogP contribution in [0.5, 0.6) is 5.88 Å². The molecule has 98 valence electrons. The van der Waals surface area contributed by atoms with Crippen LogP contribution in [0.2, 0.25) is 0 Å². The second-order valence-electron chi connectivity index (χ2n) is 3.21. The molecule has 1 aromatic rings. The Bertz CT molecular complexity index is 417. The van der Waals surface area contributed by atoms with Gasteiger partial charge in [0.1, 0.15) is 0 Å². The number of hydrogen-bond acceptors (Lipinski definition) is 5. The molecule has 0 aromatic carbocycles. The molecule has 17 heavy (non-hydrogen) atoms. The second kappa shape index (κ2) is 7.18. The number of hydrogen-bond donors (Lipinski definition) is 1. The van der Waals surface area contributed by atoms with Gasteiger partial charge in [-0.15, -0.1) is 0 Å². The van der Waals surface area contributed by atoms with Gasteiger partial charge in [0.05, 0.1) is 31.0 Å². The van der Waals surface area contributed by atoms with Gasteiger partial charge in [0.15, 0.2) is 0 Å². The van der Waals surface area contributed by atoms with Gasteiger partial charge in [0.2, 0.25) is 15.9 Å². The van der Waals surface area contributed by atoms with E-state index in [1.807, 2.05) is 13.8 Å². The van der Waals surface area contributed by atoms with Crippen LogP contribution in [0.1, 0.15) is 32.4 Å². The molecule has 0 aliphatic rings. The summed E-state index contributed by atoms with van der Waals surface area (Å²) in [5, 5.41) is 4.93. The summed E-state index contributed by atoms with van der Waals surface area (Å²) < 4.78 is 26.5. The molecule has 0 fully saturated rings. The zero-order valence-electron chi connectivity index (χ0n) is 10.5. The van der Waals surface area contributed by atoms with Crippen molar-refractivity contribution in [1.29, 1.82) is 0 Å². The Balaban J connectivity index is 0.00000121. The van der Waals surface area contributed by atoms with Gasteiger partial charge in [-0.05, 0) is 0 Å². The first kappa shape index (κ1) is 15.8. The predicted molar refractivity (Wildman–Crippen MR) is 66.3 cm³/mol. The van der Waals surface area contributed by atoms with E-state index >= 15 is 0 Å². The predicted octanol–water partition coefficient (Wildman–Crippen LogP) is 0.903. The Morgan fingerprint density at radius 3 is 2.29 bits per heavy atom. The van der Waals surface area contributed by atoms with Crippen molar-refractivity contribution in [3.63, 3.8) is 0 Å². The fourth-order valence-electron chi connectivity index (χ4n) is 1.12. The number of sulfonamides is 1. The largest absolute Gasteiger partial charge is 0.480 e. The van der Waals surface area contributed by atoms with E-state index in [-0.39, 0.29) is 11.7 Å². The topological polar surface area (TPSA) is 95.2 Å². The summed E-state index contributed by atoms with van der Waals surface area (Å²) in [6.07, 6.45) is 2.92. The van der Waals surface area contributed by atoms with E-state index in [0.717, 1.165) is 0 Å². The third-order valence-corrected chi connectivity index (χ3v) is 2.81. The van der Waals surface area contributed by atoms with Crippen LogP contribution in [0.4, 0.5) is 0 Å². The molecule has 0 bridgehead atoms. The lowest BCUT2D eigenvalue weighted by Gasteiger charge is -2.08. The van der Waals surface area contributed by atoms with Crippen molar-refractivity contribution < 1.29 is 13.2 Å². The number of aromatic nitrogens is 2. The van der Waals surface area contributed by atoms with E-state index in [0.29, 0.717) is 11.6 Å². The Hall–Kier alpha value is -1.21. The van der Waals surface area contributed by atoms with Crippen molar-refractivity contribution >= 4 is 10.0 Å². The Kier molecular flexibility index (Phi) is 6.67. The van der Waals surface area contributed by atoms with Crippen LogP contribution >= 0.6 is 0 Å². The molecule has 0 saturated carbocycles. The van der Waals surface area contributed by atoms with Crippen LogP contribution in [0.15, 0.2) is 12.4 Å². The maximum Gasteiger partial charge on any atom is 0.231 e. The average molecular weight is 261 g/mol. The number of primary sulfonamides is 1. The van der Waals surface area contributed by atoms with Gasteiger partial charge in [-0.1, -0.05) is 20.8 Å². The van der Waals surface area contributed by atoms with Crippen molar-refractivity contribution in [2.45, 2.75) is 26.7 Å². The summed E-state index contributed by atoms with van der Waals surface area (Å²) >= 11 is 0. The van der Waals surface area contributed by atoms with Gasteiger partial charge in [0, 0.05) is 5.92 Å². The quantitative estimate of drug-likeness (QED) is 0.869. The fourth-order valence-corrected chi connectivity index (χ4v) is 1.99. The minimum Gasteiger partial charge on any atom is -0.480 e. The number of nitrogens with zero attached hydrogens (tertiary/aromatic N) is 2. The molecule has 0 saturated heterocycles. The molecule has 6 nitrogen and oxygen atoms in total. The van der Waals surface area contributed by atoms with Crippen molar-refractivity contribution in [2.75, 3.05) is 12.9 Å². The van der Waals surface area contributed by atoms with Crippen molar-refractivity contribution in [2.24, 2.45) is 5.14 Å². The van der Waals surface area contributed by atoms with Crippen LogP contribution in [0, 0.1) is 0 Å². The zero-order chi connectivity index (χ0) is 13.5. The highest BCUT2D eigenvalue weighted by molar-refractivity contribution is 7.89. The highest BCUT2D eigenvalue weighted by Gasteiger charge is 2.14. The standard InChI is InChI=1S/C8H13N3O3S.C2H6/c1-6(5-15(9,12)13)7-3-11-8(14-2)4-10-7;1-2/h3-4,6H,5H2,1-2H3,(H2,9,12,13);1-2H3. The summed E-state index contributed by atoms with van der Waals surface area (Å²) in [6, 6.07) is 0. The lowest BCUT2D eigenvalue weighted by atomic mass is 10.1. The fraction of sp³-hybridized carbons (Fsp3) is 0.600. The Morgan fingerprint density at radius 1 is 1.35 bits per heavy atom. The van der Waals surface area contributed by atoms with Gasteiger partial charge in [0.25, 0.3) is 0 Å². The first-order valence-corrected chi connectivity index (χ1v) is 7.00. The van der Waals surface area contributed by atoms with Gasteiger partial charge in [-0.2, -0.15) is 0 Å². The molecule has 0 aliphatic heterocycles. The van der Waals surface area contributed by atoms with Gasteiger partial charge in [-0.3, -0.25) is 4.98 Å². The molecular weight excluding hydrogens is 242 g/mol. The normalized spacial score (nSPS) is 12.3. The van der Waals surface area contributed by atoms with Gasteiger partial charge in [-0.25, -0.2) is 18.5 Å². The van der Waals surface area contributed by atoms with E-state index in [4.69, 9.17) is 9.88 Å². The van der Waals surface area contributed by atoms with Crippen molar-refractivity contribution in [3.05, 3.63) is 18.1 Å². The van der Waals surface area contributed by atoms with Crippen molar-refractivity contribution in [1.82, 2.24) is 9.97 Å². The third-order valence-electron chi connectivity index (χ3n) is 1.84. The number of ether oxygens (including phenoxy) is 1. The van der Waals surface area contributed by atoms with Crippen molar-refractivity contribution in [3.8, 4) is 5.88 Å². The smallest absolute Gasteiger partial charge is 0.231 e. The first-order valence-electron chi connectivity index (χ1n) is 5.29. The number of rotatable bonds is 4. The lowest BCUT2D eigenvalue weighted by molar-refractivity contribution is 0.395. The summed E-state index contributed by atoms with van der Waals surface area (Å²) in [5.74, 6) is -0.0338. The van der Waals surface area contributed by atoms with Gasteiger partial charge < -0.3 is 4.74 Å². The van der Waals surface area contributed by atoms with E-state index in [1.54, 1.807) is 6.92 Å². The van der Waals surface area contributed by atoms with E-state index in [9.17, 15) is 8.42 Å². The molecule has 7 heteroatoms. The molecule has 1 rings (SSSR count). The van der Waals surface area contributed by atoms with Crippen LogP contribution in [-0.2, 0) is 10.0 Å². The van der Waals surface area contributed by atoms with Crippen LogP contribution in [0.3, 0.4) is 0 Å². The zero-order valence-corrected chi connectivity index (χ0v) is 11.4. The van der Waals surface area contributed by atoms with Gasteiger partial charge >= 0.3 is 0 Å². The summed E-state index contributed by atoms with van der Waals surface area (Å²) in [5.41, 5.74) is 0.574. The average Bonchev–Trinajstić information content (AvgIpc) is 2.29. The summed E-state index contributed by atoms with van der Waals surface area (Å²) in [7, 11) is -2.00. The highest BCUT2D eigenvalue weighted by atomic mass is 32.2. The number of nitrogens with two attached hydrogens (primary N) is 1. The molecular formula is C10H19N3O3S. The highest BCUT2D eigenvalue weighted by Crippen LogP contribution is 2.14. The van der Waals surface area contributed by atoms with Crippen LogP contribution in [0.25, 0.3) is 0 Å². The molecule has 1 atom stereocenters.